The number of hydrogen-bond acceptors (Lipinski definition) is 2. The van der Waals surface area contributed by atoms with Gasteiger partial charge in [0, 0.05) is 17.1 Å². The van der Waals surface area contributed by atoms with Gasteiger partial charge in [0.1, 0.15) is 5.82 Å². The predicted octanol–water partition coefficient (Wildman–Crippen LogP) is 2.10. The molecule has 0 aliphatic heterocycles. The van der Waals surface area contributed by atoms with Crippen molar-refractivity contribution in [2.45, 2.75) is 6.54 Å². The number of benzene rings is 1. The standard InChI is InChI=1S/C10H10F2N2O/c1-15-14-5-7-8(11)4-6-2-3-13-10(6)9(7)12/h2-4,13-14H,5H2,1H3. The number of halogens is 2. The van der Waals surface area contributed by atoms with E-state index in [1.807, 2.05) is 0 Å². The minimum atomic E-state index is -0.584. The molecule has 0 spiro atoms. The molecular formula is C10H10F2N2O. The maximum atomic E-state index is 13.7. The lowest BCUT2D eigenvalue weighted by Gasteiger charge is -2.06. The summed E-state index contributed by atoms with van der Waals surface area (Å²) in [7, 11) is 1.39. The van der Waals surface area contributed by atoms with Gasteiger partial charge in [-0.2, -0.15) is 5.48 Å². The number of aromatic nitrogens is 1. The summed E-state index contributed by atoms with van der Waals surface area (Å²) in [6, 6.07) is 2.91. The second-order valence-corrected chi connectivity index (χ2v) is 3.12. The molecule has 2 aromatic rings. The Morgan fingerprint density at radius 1 is 1.47 bits per heavy atom. The van der Waals surface area contributed by atoms with Crippen LogP contribution in [-0.2, 0) is 11.4 Å². The zero-order valence-electron chi connectivity index (χ0n) is 8.10. The maximum absolute atomic E-state index is 13.7. The van der Waals surface area contributed by atoms with Gasteiger partial charge < -0.3 is 9.82 Å². The van der Waals surface area contributed by atoms with E-state index in [0.29, 0.717) is 10.9 Å². The molecule has 1 aromatic heterocycles. The summed E-state index contributed by atoms with van der Waals surface area (Å²) in [4.78, 5) is 7.28. The van der Waals surface area contributed by atoms with Crippen LogP contribution in [0.4, 0.5) is 8.78 Å². The first-order valence-electron chi connectivity index (χ1n) is 4.44. The van der Waals surface area contributed by atoms with Gasteiger partial charge in [-0.3, -0.25) is 0 Å². The Balaban J connectivity index is 2.52. The quantitative estimate of drug-likeness (QED) is 0.764. The zero-order chi connectivity index (χ0) is 10.8. The molecule has 0 bridgehead atoms. The molecule has 0 atom stereocenters. The molecule has 0 unspecified atom stereocenters. The van der Waals surface area contributed by atoms with Gasteiger partial charge >= 0.3 is 0 Å². The van der Waals surface area contributed by atoms with Crippen LogP contribution in [0.2, 0.25) is 0 Å². The molecular weight excluding hydrogens is 202 g/mol. The first-order valence-corrected chi connectivity index (χ1v) is 4.44. The fourth-order valence-corrected chi connectivity index (χ4v) is 1.48. The zero-order valence-corrected chi connectivity index (χ0v) is 8.10. The number of aromatic amines is 1. The minimum absolute atomic E-state index is 0.0108. The number of nitrogens with one attached hydrogen (secondary N) is 2. The SMILES string of the molecule is CONCc1c(F)cc2cc[nH]c2c1F. The molecule has 0 radical (unpaired) electrons. The summed E-state index contributed by atoms with van der Waals surface area (Å²) in [5.74, 6) is -1.16. The molecule has 3 nitrogen and oxygen atoms in total. The summed E-state index contributed by atoms with van der Waals surface area (Å²) in [5, 5.41) is 0.520. The van der Waals surface area contributed by atoms with Gasteiger partial charge in [-0.05, 0) is 12.1 Å². The van der Waals surface area contributed by atoms with Crippen molar-refractivity contribution in [3.05, 3.63) is 35.5 Å². The molecule has 2 rings (SSSR count). The third kappa shape index (κ3) is 1.71. The fraction of sp³-hybridized carbons (Fsp3) is 0.200. The normalized spacial score (nSPS) is 11.1. The van der Waals surface area contributed by atoms with Crippen LogP contribution in [0.3, 0.4) is 0 Å². The molecule has 0 fully saturated rings. The van der Waals surface area contributed by atoms with Crippen LogP contribution in [0.1, 0.15) is 5.56 Å². The number of hydrogen-bond donors (Lipinski definition) is 2. The van der Waals surface area contributed by atoms with Gasteiger partial charge in [0.25, 0.3) is 0 Å². The summed E-state index contributed by atoms with van der Waals surface area (Å²) in [6.07, 6.45) is 1.57. The van der Waals surface area contributed by atoms with Crippen molar-refractivity contribution in [2.75, 3.05) is 7.11 Å². The van der Waals surface area contributed by atoms with E-state index in [2.05, 4.69) is 15.3 Å². The number of H-pyrrole nitrogens is 1. The highest BCUT2D eigenvalue weighted by molar-refractivity contribution is 5.80. The number of rotatable bonds is 3. The third-order valence-electron chi connectivity index (χ3n) is 2.23. The van der Waals surface area contributed by atoms with E-state index in [0.717, 1.165) is 0 Å². The van der Waals surface area contributed by atoms with Gasteiger partial charge in [0.05, 0.1) is 19.2 Å². The van der Waals surface area contributed by atoms with Gasteiger partial charge in [0.15, 0.2) is 5.82 Å². The van der Waals surface area contributed by atoms with Crippen LogP contribution in [0.15, 0.2) is 18.3 Å². The van der Waals surface area contributed by atoms with E-state index in [9.17, 15) is 8.78 Å². The second-order valence-electron chi connectivity index (χ2n) is 3.12. The van der Waals surface area contributed by atoms with Crippen molar-refractivity contribution >= 4 is 10.9 Å². The molecule has 5 heteroatoms. The topological polar surface area (TPSA) is 37.0 Å². The molecule has 0 aliphatic rings. The van der Waals surface area contributed by atoms with Crippen LogP contribution >= 0.6 is 0 Å². The molecule has 0 amide bonds. The van der Waals surface area contributed by atoms with Gasteiger partial charge in [-0.1, -0.05) is 0 Å². The summed E-state index contributed by atoms with van der Waals surface area (Å²) in [5.41, 5.74) is 2.68. The maximum Gasteiger partial charge on any atom is 0.154 e. The Hall–Kier alpha value is -1.46. The largest absolute Gasteiger partial charge is 0.359 e. The van der Waals surface area contributed by atoms with Crippen molar-refractivity contribution in [2.24, 2.45) is 0 Å². The van der Waals surface area contributed by atoms with E-state index in [1.54, 1.807) is 12.3 Å². The molecule has 1 aromatic carbocycles. The number of hydroxylamine groups is 1. The Kier molecular flexibility index (Phi) is 2.66. The highest BCUT2D eigenvalue weighted by Crippen LogP contribution is 2.22. The van der Waals surface area contributed by atoms with Crippen LogP contribution in [-0.4, -0.2) is 12.1 Å². The fourth-order valence-electron chi connectivity index (χ4n) is 1.48. The molecule has 1 heterocycles. The van der Waals surface area contributed by atoms with E-state index in [-0.39, 0.29) is 12.1 Å². The number of fused-ring (bicyclic) bond motifs is 1. The third-order valence-corrected chi connectivity index (χ3v) is 2.23. The van der Waals surface area contributed by atoms with Crippen LogP contribution in [0.25, 0.3) is 10.9 Å². The van der Waals surface area contributed by atoms with Crippen molar-refractivity contribution in [3.8, 4) is 0 Å². The predicted molar refractivity (Wildman–Crippen MR) is 52.1 cm³/mol. The molecule has 15 heavy (non-hydrogen) atoms. The summed E-state index contributed by atoms with van der Waals surface area (Å²) >= 11 is 0. The van der Waals surface area contributed by atoms with Crippen LogP contribution < -0.4 is 5.48 Å². The molecule has 0 saturated heterocycles. The molecule has 0 saturated carbocycles. The van der Waals surface area contributed by atoms with Crippen LogP contribution in [0.5, 0.6) is 0 Å². The summed E-state index contributed by atoms with van der Waals surface area (Å²) in [6.45, 7) is -0.0108. The first kappa shape index (κ1) is 10.1. The Morgan fingerprint density at radius 2 is 2.27 bits per heavy atom. The molecule has 80 valence electrons. The van der Waals surface area contributed by atoms with Crippen molar-refractivity contribution in [3.63, 3.8) is 0 Å². The smallest absolute Gasteiger partial charge is 0.154 e. The average Bonchev–Trinajstić information content (AvgIpc) is 2.65. The highest BCUT2D eigenvalue weighted by atomic mass is 19.1. The Bertz CT molecular complexity index is 481. The van der Waals surface area contributed by atoms with E-state index < -0.39 is 11.6 Å². The second kappa shape index (κ2) is 3.96. The average molecular weight is 212 g/mol. The van der Waals surface area contributed by atoms with Crippen molar-refractivity contribution in [1.29, 1.82) is 0 Å². The molecule has 0 aliphatic carbocycles. The monoisotopic (exact) mass is 212 g/mol. The lowest BCUT2D eigenvalue weighted by atomic mass is 10.1. The lowest BCUT2D eigenvalue weighted by molar-refractivity contribution is 0.0851. The van der Waals surface area contributed by atoms with Crippen molar-refractivity contribution < 1.29 is 13.6 Å². The molecule has 2 N–H and O–H groups in total. The highest BCUT2D eigenvalue weighted by Gasteiger charge is 2.13. The Labute approximate surface area is 85.0 Å². The first-order chi connectivity index (χ1) is 7.24. The van der Waals surface area contributed by atoms with E-state index in [4.69, 9.17) is 0 Å². The Morgan fingerprint density at radius 3 is 3.00 bits per heavy atom. The van der Waals surface area contributed by atoms with Crippen molar-refractivity contribution in [1.82, 2.24) is 10.5 Å². The van der Waals surface area contributed by atoms with Crippen LogP contribution in [0, 0.1) is 11.6 Å². The minimum Gasteiger partial charge on any atom is -0.359 e. The van der Waals surface area contributed by atoms with E-state index >= 15 is 0 Å². The van der Waals surface area contributed by atoms with E-state index in [1.165, 1.54) is 13.2 Å². The lowest BCUT2D eigenvalue weighted by Crippen LogP contribution is -2.13. The summed E-state index contributed by atoms with van der Waals surface area (Å²) < 4.78 is 27.2. The van der Waals surface area contributed by atoms with Gasteiger partial charge in [-0.15, -0.1) is 0 Å². The van der Waals surface area contributed by atoms with Gasteiger partial charge in [-0.25, -0.2) is 8.78 Å². The van der Waals surface area contributed by atoms with Gasteiger partial charge in [0.2, 0.25) is 0 Å².